The van der Waals surface area contributed by atoms with E-state index in [9.17, 15) is 0 Å². The van der Waals surface area contributed by atoms with Gasteiger partial charge in [-0.15, -0.1) is 10.2 Å². The van der Waals surface area contributed by atoms with Crippen molar-refractivity contribution in [3.63, 3.8) is 0 Å². The van der Waals surface area contributed by atoms with Crippen LogP contribution in [-0.2, 0) is 0 Å². The van der Waals surface area contributed by atoms with Gasteiger partial charge in [0.05, 0.1) is 5.69 Å². The number of nitrogen functional groups attached to an aromatic ring is 1. The second-order valence-corrected chi connectivity index (χ2v) is 4.25. The monoisotopic (exact) mass is 254 g/mol. The first kappa shape index (κ1) is 10.2. The molecule has 0 saturated heterocycles. The minimum absolute atomic E-state index is 0.256. The van der Waals surface area contributed by atoms with Gasteiger partial charge in [0, 0.05) is 11.8 Å². The van der Waals surface area contributed by atoms with Crippen LogP contribution in [0.1, 0.15) is 0 Å². The van der Waals surface area contributed by atoms with Gasteiger partial charge in [-0.25, -0.2) is 0 Å². The summed E-state index contributed by atoms with van der Waals surface area (Å²) < 4.78 is 12.5. The molecule has 0 atom stereocenters. The number of aromatic nitrogens is 3. The van der Waals surface area contributed by atoms with Crippen LogP contribution in [0.4, 0.5) is 5.69 Å². The second-order valence-electron chi connectivity index (χ2n) is 4.25. The highest BCUT2D eigenvalue weighted by Gasteiger charge is 2.16. The Labute approximate surface area is 108 Å². The van der Waals surface area contributed by atoms with E-state index in [4.69, 9.17) is 15.2 Å². The molecule has 4 rings (SSSR count). The third-order valence-corrected chi connectivity index (χ3v) is 3.10. The van der Waals surface area contributed by atoms with Gasteiger partial charge < -0.3 is 15.2 Å². The number of nitrogens with two attached hydrogens (primary N) is 1. The van der Waals surface area contributed by atoms with E-state index in [1.165, 1.54) is 0 Å². The number of pyridine rings is 1. The molecule has 0 bridgehead atoms. The quantitative estimate of drug-likeness (QED) is 0.715. The normalized spacial score (nSPS) is 13.1. The summed E-state index contributed by atoms with van der Waals surface area (Å²) in [5.41, 5.74) is 8.02. The number of nitrogens with zero attached hydrogens (tertiary/aromatic N) is 3. The van der Waals surface area contributed by atoms with Gasteiger partial charge in [0.1, 0.15) is 0 Å². The highest BCUT2D eigenvalue weighted by atomic mass is 16.7. The van der Waals surface area contributed by atoms with Crippen LogP contribution in [0.3, 0.4) is 0 Å². The fraction of sp³-hybridized carbons (Fsp3) is 0.0769. The number of fused-ring (bicyclic) bond motifs is 2. The summed E-state index contributed by atoms with van der Waals surface area (Å²) in [6, 6.07) is 9.34. The molecule has 0 saturated carbocycles. The van der Waals surface area contributed by atoms with Crippen molar-refractivity contribution in [3.8, 4) is 22.9 Å². The molecule has 0 fully saturated rings. The van der Waals surface area contributed by atoms with E-state index in [-0.39, 0.29) is 6.79 Å². The number of benzene rings is 1. The standard InChI is InChI=1S/C13H10N4O2/c14-9-2-1-5-17-12(15-16-13(9)17)8-3-4-10-11(6-8)19-7-18-10/h1-6H,7,14H2. The molecule has 2 N–H and O–H groups in total. The van der Waals surface area contributed by atoms with Gasteiger partial charge in [-0.1, -0.05) is 0 Å². The van der Waals surface area contributed by atoms with Gasteiger partial charge in [0.25, 0.3) is 0 Å². The SMILES string of the molecule is Nc1cccn2c(-c3ccc4c(c3)OCO4)nnc12. The molecule has 0 aliphatic carbocycles. The third-order valence-electron chi connectivity index (χ3n) is 3.10. The van der Waals surface area contributed by atoms with E-state index in [0.29, 0.717) is 11.3 Å². The predicted octanol–water partition coefficient (Wildman–Crippen LogP) is 1.71. The first-order valence-electron chi connectivity index (χ1n) is 5.82. The van der Waals surface area contributed by atoms with Gasteiger partial charge in [0.15, 0.2) is 23.0 Å². The van der Waals surface area contributed by atoms with Gasteiger partial charge in [0.2, 0.25) is 6.79 Å². The first-order chi connectivity index (χ1) is 9.33. The Morgan fingerprint density at radius 3 is 2.95 bits per heavy atom. The molecule has 6 heteroatoms. The molecule has 0 radical (unpaired) electrons. The van der Waals surface area contributed by atoms with E-state index in [1.807, 2.05) is 34.9 Å². The maximum absolute atomic E-state index is 5.87. The van der Waals surface area contributed by atoms with Crippen LogP contribution in [0.25, 0.3) is 17.0 Å². The Kier molecular flexibility index (Phi) is 1.94. The molecule has 1 aromatic carbocycles. The zero-order valence-corrected chi connectivity index (χ0v) is 9.91. The zero-order valence-electron chi connectivity index (χ0n) is 9.91. The summed E-state index contributed by atoms with van der Waals surface area (Å²) in [6.07, 6.45) is 1.88. The maximum atomic E-state index is 5.87. The van der Waals surface area contributed by atoms with Crippen molar-refractivity contribution in [2.75, 3.05) is 12.5 Å². The van der Waals surface area contributed by atoms with Crippen LogP contribution in [0.15, 0.2) is 36.5 Å². The third kappa shape index (κ3) is 1.43. The topological polar surface area (TPSA) is 74.7 Å². The number of ether oxygens (including phenoxy) is 2. The average molecular weight is 254 g/mol. The Balaban J connectivity index is 1.93. The van der Waals surface area contributed by atoms with E-state index >= 15 is 0 Å². The lowest BCUT2D eigenvalue weighted by atomic mass is 10.2. The molecule has 0 spiro atoms. The molecule has 3 heterocycles. The van der Waals surface area contributed by atoms with E-state index < -0.39 is 0 Å². The van der Waals surface area contributed by atoms with Crippen molar-refractivity contribution >= 4 is 11.3 Å². The molecule has 1 aliphatic heterocycles. The van der Waals surface area contributed by atoms with Crippen LogP contribution in [0, 0.1) is 0 Å². The Bertz CT molecular complexity index is 781. The molecule has 1 aliphatic rings. The highest BCUT2D eigenvalue weighted by Crippen LogP contribution is 2.35. The lowest BCUT2D eigenvalue weighted by Crippen LogP contribution is -1.93. The van der Waals surface area contributed by atoms with Crippen LogP contribution < -0.4 is 15.2 Å². The van der Waals surface area contributed by atoms with Crippen molar-refractivity contribution in [2.45, 2.75) is 0 Å². The number of rotatable bonds is 1. The fourth-order valence-corrected chi connectivity index (χ4v) is 2.17. The van der Waals surface area contributed by atoms with E-state index in [1.54, 1.807) is 6.07 Å². The minimum Gasteiger partial charge on any atom is -0.454 e. The molecule has 3 aromatic rings. The smallest absolute Gasteiger partial charge is 0.231 e. The first-order valence-corrected chi connectivity index (χ1v) is 5.82. The van der Waals surface area contributed by atoms with Crippen molar-refractivity contribution in [2.24, 2.45) is 0 Å². The lowest BCUT2D eigenvalue weighted by Gasteiger charge is -2.02. The van der Waals surface area contributed by atoms with Gasteiger partial charge in [-0.05, 0) is 30.3 Å². The molecule has 94 valence electrons. The molecule has 6 nitrogen and oxygen atoms in total. The molecular formula is C13H10N4O2. The molecule has 0 unspecified atom stereocenters. The predicted molar refractivity (Wildman–Crippen MR) is 69.0 cm³/mol. The summed E-state index contributed by atoms with van der Waals surface area (Å²) in [4.78, 5) is 0. The van der Waals surface area contributed by atoms with Crippen LogP contribution in [0.2, 0.25) is 0 Å². The summed E-state index contributed by atoms with van der Waals surface area (Å²) in [5, 5.41) is 8.29. The number of hydrogen-bond donors (Lipinski definition) is 1. The minimum atomic E-state index is 0.256. The largest absolute Gasteiger partial charge is 0.454 e. The van der Waals surface area contributed by atoms with Crippen molar-refractivity contribution < 1.29 is 9.47 Å². The molecule has 2 aromatic heterocycles. The Morgan fingerprint density at radius 2 is 2.00 bits per heavy atom. The second kappa shape index (κ2) is 3.61. The summed E-state index contributed by atoms with van der Waals surface area (Å²) in [5.74, 6) is 2.19. The van der Waals surface area contributed by atoms with Crippen molar-refractivity contribution in [1.29, 1.82) is 0 Å². The fourth-order valence-electron chi connectivity index (χ4n) is 2.17. The Hall–Kier alpha value is -2.76. The van der Waals surface area contributed by atoms with Crippen LogP contribution in [-0.4, -0.2) is 21.4 Å². The summed E-state index contributed by atoms with van der Waals surface area (Å²) in [6.45, 7) is 0.256. The van der Waals surface area contributed by atoms with Crippen molar-refractivity contribution in [1.82, 2.24) is 14.6 Å². The van der Waals surface area contributed by atoms with Crippen LogP contribution >= 0.6 is 0 Å². The lowest BCUT2D eigenvalue weighted by molar-refractivity contribution is 0.174. The molecular weight excluding hydrogens is 244 g/mol. The molecule has 0 amide bonds. The number of hydrogen-bond acceptors (Lipinski definition) is 5. The molecule has 19 heavy (non-hydrogen) atoms. The van der Waals surface area contributed by atoms with Gasteiger partial charge >= 0.3 is 0 Å². The van der Waals surface area contributed by atoms with Gasteiger partial charge in [-0.3, -0.25) is 4.40 Å². The highest BCUT2D eigenvalue weighted by molar-refractivity contribution is 5.70. The number of anilines is 1. The maximum Gasteiger partial charge on any atom is 0.231 e. The van der Waals surface area contributed by atoms with Crippen molar-refractivity contribution in [3.05, 3.63) is 36.5 Å². The van der Waals surface area contributed by atoms with E-state index in [0.717, 1.165) is 22.9 Å². The van der Waals surface area contributed by atoms with Crippen LogP contribution in [0.5, 0.6) is 11.5 Å². The van der Waals surface area contributed by atoms with E-state index in [2.05, 4.69) is 10.2 Å². The zero-order chi connectivity index (χ0) is 12.8. The summed E-state index contributed by atoms with van der Waals surface area (Å²) in [7, 11) is 0. The summed E-state index contributed by atoms with van der Waals surface area (Å²) >= 11 is 0. The van der Waals surface area contributed by atoms with Gasteiger partial charge in [-0.2, -0.15) is 0 Å². The average Bonchev–Trinajstić information content (AvgIpc) is 3.04. The Morgan fingerprint density at radius 1 is 1.11 bits per heavy atom.